The SMILES string of the molecule is N#CC(=O)C=N. The van der Waals surface area contributed by atoms with Crippen LogP contribution in [0.2, 0.25) is 0 Å². The predicted molar refractivity (Wildman–Crippen MR) is 19.4 cm³/mol. The van der Waals surface area contributed by atoms with Crippen molar-refractivity contribution in [2.45, 2.75) is 0 Å². The molecule has 0 atom stereocenters. The molecule has 0 aromatic carbocycles. The summed E-state index contributed by atoms with van der Waals surface area (Å²) in [5, 5.41) is 13.7. The molecular formula is C3H2N2O. The average molecular weight is 82.1 g/mol. The van der Waals surface area contributed by atoms with Gasteiger partial charge in [0.05, 0.1) is 6.21 Å². The van der Waals surface area contributed by atoms with E-state index in [1.807, 2.05) is 0 Å². The first-order chi connectivity index (χ1) is 2.81. The Labute approximate surface area is 34.7 Å². The van der Waals surface area contributed by atoms with Gasteiger partial charge in [0.2, 0.25) is 0 Å². The molecule has 3 heteroatoms. The second kappa shape index (κ2) is 2.09. The van der Waals surface area contributed by atoms with E-state index in [2.05, 4.69) is 0 Å². The summed E-state index contributed by atoms with van der Waals surface area (Å²) in [7, 11) is 0. The van der Waals surface area contributed by atoms with E-state index in [4.69, 9.17) is 10.7 Å². The topological polar surface area (TPSA) is 64.7 Å². The average Bonchev–Trinajstić information content (AvgIpc) is 1.65. The summed E-state index contributed by atoms with van der Waals surface area (Å²) in [4.78, 5) is 9.58. The van der Waals surface area contributed by atoms with Crippen molar-refractivity contribution in [2.24, 2.45) is 0 Å². The molecule has 0 aliphatic carbocycles. The molecule has 0 radical (unpaired) electrons. The zero-order valence-electron chi connectivity index (χ0n) is 2.93. The molecule has 0 heterocycles. The molecule has 6 heavy (non-hydrogen) atoms. The van der Waals surface area contributed by atoms with E-state index >= 15 is 0 Å². The number of rotatable bonds is 1. The molecule has 0 rings (SSSR count). The van der Waals surface area contributed by atoms with Crippen LogP contribution >= 0.6 is 0 Å². The lowest BCUT2D eigenvalue weighted by molar-refractivity contribution is -0.108. The summed E-state index contributed by atoms with van der Waals surface area (Å²) in [6, 6.07) is 1.23. The van der Waals surface area contributed by atoms with Crippen molar-refractivity contribution in [3.8, 4) is 6.07 Å². The Morgan fingerprint density at radius 2 is 2.50 bits per heavy atom. The van der Waals surface area contributed by atoms with Gasteiger partial charge >= 0.3 is 0 Å². The lowest BCUT2D eigenvalue weighted by atomic mass is 10.5. The molecule has 30 valence electrons. The van der Waals surface area contributed by atoms with Gasteiger partial charge in [-0.15, -0.1) is 0 Å². The van der Waals surface area contributed by atoms with Crippen LogP contribution in [0.3, 0.4) is 0 Å². The highest BCUT2D eigenvalue weighted by Crippen LogP contribution is 1.51. The lowest BCUT2D eigenvalue weighted by Crippen LogP contribution is -1.89. The van der Waals surface area contributed by atoms with Crippen LogP contribution in [0.1, 0.15) is 0 Å². The van der Waals surface area contributed by atoms with Crippen LogP contribution in [0.25, 0.3) is 0 Å². The van der Waals surface area contributed by atoms with Crippen LogP contribution < -0.4 is 0 Å². The number of carbonyl (C=O) groups is 1. The first kappa shape index (κ1) is 4.83. The van der Waals surface area contributed by atoms with E-state index in [1.165, 1.54) is 6.07 Å². The van der Waals surface area contributed by atoms with Crippen molar-refractivity contribution in [1.82, 2.24) is 0 Å². The minimum atomic E-state index is -0.810. The van der Waals surface area contributed by atoms with Gasteiger partial charge in [-0.1, -0.05) is 0 Å². The third-order valence-electron chi connectivity index (χ3n) is 0.241. The first-order valence-corrected chi connectivity index (χ1v) is 1.26. The fourth-order valence-electron chi connectivity index (χ4n) is 0.0323. The van der Waals surface area contributed by atoms with Crippen molar-refractivity contribution < 1.29 is 4.79 Å². The highest BCUT2D eigenvalue weighted by molar-refractivity contribution is 6.33. The summed E-state index contributed by atoms with van der Waals surface area (Å²) in [6.07, 6.45) is 0.472. The minimum absolute atomic E-state index is 0.472. The van der Waals surface area contributed by atoms with E-state index in [1.54, 1.807) is 0 Å². The van der Waals surface area contributed by atoms with E-state index in [9.17, 15) is 4.79 Å². The molecule has 1 N–H and O–H groups in total. The van der Waals surface area contributed by atoms with E-state index in [-0.39, 0.29) is 0 Å². The molecular weight excluding hydrogens is 80.0 g/mol. The molecule has 0 aromatic heterocycles. The van der Waals surface area contributed by atoms with Gasteiger partial charge in [-0.3, -0.25) is 4.79 Å². The van der Waals surface area contributed by atoms with Crippen molar-refractivity contribution in [2.75, 3.05) is 0 Å². The molecule has 0 unspecified atom stereocenters. The molecule has 0 aliphatic rings. The van der Waals surface area contributed by atoms with Crippen molar-refractivity contribution >= 4 is 12.0 Å². The summed E-state index contributed by atoms with van der Waals surface area (Å²) in [5.74, 6) is -0.810. The number of Topliss-reactive ketones (excluding diaryl/α,β-unsaturated/α-hetero) is 1. The third-order valence-corrected chi connectivity index (χ3v) is 0.241. The fourth-order valence-corrected chi connectivity index (χ4v) is 0.0323. The summed E-state index contributed by atoms with van der Waals surface area (Å²) in [6.45, 7) is 0. The predicted octanol–water partition coefficient (Wildman–Crippen LogP) is -0.271. The molecule has 0 bridgehead atoms. The maximum atomic E-state index is 9.58. The highest BCUT2D eigenvalue weighted by atomic mass is 16.1. The van der Waals surface area contributed by atoms with Crippen molar-refractivity contribution in [1.29, 1.82) is 10.7 Å². The second-order valence-electron chi connectivity index (χ2n) is 0.620. The molecule has 0 spiro atoms. The maximum absolute atomic E-state index is 9.58. The van der Waals surface area contributed by atoms with Gasteiger partial charge in [-0.05, 0) is 0 Å². The van der Waals surface area contributed by atoms with Crippen molar-refractivity contribution in [3.05, 3.63) is 0 Å². The maximum Gasteiger partial charge on any atom is 0.272 e. The number of hydrogen-bond acceptors (Lipinski definition) is 3. The Bertz CT molecular complexity index is 110. The Balaban J connectivity index is 3.63. The second-order valence-corrected chi connectivity index (χ2v) is 0.620. The number of nitrogens with zero attached hydrogens (tertiary/aromatic N) is 1. The zero-order valence-corrected chi connectivity index (χ0v) is 2.93. The van der Waals surface area contributed by atoms with Gasteiger partial charge in [0.15, 0.2) is 0 Å². The molecule has 3 nitrogen and oxygen atoms in total. The van der Waals surface area contributed by atoms with Crippen LogP contribution in [-0.4, -0.2) is 12.0 Å². The molecule has 0 fully saturated rings. The molecule has 0 saturated heterocycles. The smallest absolute Gasteiger partial charge is 0.272 e. The van der Waals surface area contributed by atoms with Crippen LogP contribution in [0.4, 0.5) is 0 Å². The first-order valence-electron chi connectivity index (χ1n) is 1.26. The van der Waals surface area contributed by atoms with E-state index < -0.39 is 5.78 Å². The Kier molecular flexibility index (Phi) is 1.68. The monoisotopic (exact) mass is 82.0 g/mol. The Morgan fingerprint density at radius 3 is 2.50 bits per heavy atom. The van der Waals surface area contributed by atoms with Crippen LogP contribution in [-0.2, 0) is 4.79 Å². The summed E-state index contributed by atoms with van der Waals surface area (Å²) >= 11 is 0. The number of nitrogens with one attached hydrogen (secondary N) is 1. The molecule has 0 amide bonds. The minimum Gasteiger partial charge on any atom is -0.304 e. The molecule has 0 aliphatic heterocycles. The van der Waals surface area contributed by atoms with Crippen LogP contribution in [0.5, 0.6) is 0 Å². The normalized spacial score (nSPS) is 5.83. The lowest BCUT2D eigenvalue weighted by Gasteiger charge is -1.58. The van der Waals surface area contributed by atoms with Crippen LogP contribution in [0, 0.1) is 16.7 Å². The van der Waals surface area contributed by atoms with Gasteiger partial charge in [-0.2, -0.15) is 5.26 Å². The Morgan fingerprint density at radius 1 is 2.00 bits per heavy atom. The fraction of sp³-hybridized carbons (Fsp3) is 0. The molecule has 0 saturated carbocycles. The van der Waals surface area contributed by atoms with Crippen molar-refractivity contribution in [3.63, 3.8) is 0 Å². The highest BCUT2D eigenvalue weighted by Gasteiger charge is 1.83. The third kappa shape index (κ3) is 1.18. The summed E-state index contributed by atoms with van der Waals surface area (Å²) in [5.41, 5.74) is 0. The summed E-state index contributed by atoms with van der Waals surface area (Å²) < 4.78 is 0. The van der Waals surface area contributed by atoms with Gasteiger partial charge in [0.1, 0.15) is 6.07 Å². The van der Waals surface area contributed by atoms with Crippen LogP contribution in [0.15, 0.2) is 0 Å². The van der Waals surface area contributed by atoms with Gasteiger partial charge in [0.25, 0.3) is 5.78 Å². The largest absolute Gasteiger partial charge is 0.304 e. The standard InChI is InChI=1S/C3H2N2O/c4-1-3(6)2-5/h1,4H. The Hall–Kier alpha value is -1.17. The van der Waals surface area contributed by atoms with E-state index in [0.29, 0.717) is 6.21 Å². The number of carbonyl (C=O) groups excluding carboxylic acids is 1. The quantitative estimate of drug-likeness (QED) is 0.349. The van der Waals surface area contributed by atoms with Gasteiger partial charge < -0.3 is 5.41 Å². The number of nitriles is 1. The van der Waals surface area contributed by atoms with Gasteiger partial charge in [-0.25, -0.2) is 0 Å². The van der Waals surface area contributed by atoms with Gasteiger partial charge in [0, 0.05) is 0 Å². The van der Waals surface area contributed by atoms with E-state index in [0.717, 1.165) is 0 Å². The zero-order chi connectivity index (χ0) is 4.99. The number of ketones is 1. The molecule has 0 aromatic rings. The number of hydrogen-bond donors (Lipinski definition) is 1.